The summed E-state index contributed by atoms with van der Waals surface area (Å²) in [5, 5.41) is 13.5. The highest BCUT2D eigenvalue weighted by Gasteiger charge is 2.34. The lowest BCUT2D eigenvalue weighted by Crippen LogP contribution is -2.46. The van der Waals surface area contributed by atoms with Crippen LogP contribution in [-0.2, 0) is 0 Å². The monoisotopic (exact) mass is 384 g/mol. The summed E-state index contributed by atoms with van der Waals surface area (Å²) in [6, 6.07) is 3.23. The second kappa shape index (κ2) is 9.28. The smallest absolute Gasteiger partial charge is 0.145 e. The second-order valence-corrected chi connectivity index (χ2v) is 6.45. The quantitative estimate of drug-likeness (QED) is 0.820. The van der Waals surface area contributed by atoms with E-state index in [0.717, 1.165) is 31.7 Å². The van der Waals surface area contributed by atoms with Gasteiger partial charge in [0.05, 0.1) is 0 Å². The van der Waals surface area contributed by atoms with Crippen LogP contribution in [0.1, 0.15) is 37.3 Å². The van der Waals surface area contributed by atoms with Crippen LogP contribution >= 0.6 is 36.4 Å². The first kappa shape index (κ1) is 20.8. The molecular formula is C16H24Cl3FN2O. The molecule has 1 aliphatic heterocycles. The van der Waals surface area contributed by atoms with Crippen molar-refractivity contribution in [2.45, 2.75) is 31.7 Å². The molecule has 1 saturated carbocycles. The van der Waals surface area contributed by atoms with Crippen molar-refractivity contribution in [1.82, 2.24) is 10.2 Å². The number of phenolic OH excluding ortho intramolecular Hbond substituents is 1. The molecule has 1 saturated heterocycles. The molecule has 2 N–H and O–H groups in total. The van der Waals surface area contributed by atoms with E-state index in [-0.39, 0.29) is 41.6 Å². The Bertz CT molecular complexity index is 506. The molecule has 2 aliphatic rings. The van der Waals surface area contributed by atoms with Gasteiger partial charge in [0.25, 0.3) is 0 Å². The summed E-state index contributed by atoms with van der Waals surface area (Å²) >= 11 is 5.92. The molecule has 23 heavy (non-hydrogen) atoms. The summed E-state index contributed by atoms with van der Waals surface area (Å²) in [5.41, 5.74) is 0.787. The number of aromatic hydroxyl groups is 1. The Hall–Kier alpha value is -0.260. The Morgan fingerprint density at radius 3 is 2.39 bits per heavy atom. The molecule has 1 aromatic carbocycles. The molecule has 1 heterocycles. The molecule has 132 valence electrons. The summed E-state index contributed by atoms with van der Waals surface area (Å²) in [4.78, 5) is 2.41. The van der Waals surface area contributed by atoms with Crippen molar-refractivity contribution in [1.29, 1.82) is 0 Å². The van der Waals surface area contributed by atoms with Gasteiger partial charge in [-0.1, -0.05) is 30.5 Å². The first-order valence-corrected chi connectivity index (χ1v) is 8.18. The minimum absolute atomic E-state index is 0. The van der Waals surface area contributed by atoms with Gasteiger partial charge in [-0.2, -0.15) is 0 Å². The SMILES string of the molecule is Cl.Cl.Oc1c([C@H](C2CCCC2)N2CCNCC2)ccc(F)c1Cl. The summed E-state index contributed by atoms with van der Waals surface area (Å²) in [6.45, 7) is 3.82. The molecule has 0 amide bonds. The van der Waals surface area contributed by atoms with Gasteiger partial charge in [0.2, 0.25) is 0 Å². The van der Waals surface area contributed by atoms with Gasteiger partial charge in [-0.25, -0.2) is 4.39 Å². The summed E-state index contributed by atoms with van der Waals surface area (Å²) in [7, 11) is 0. The maximum Gasteiger partial charge on any atom is 0.145 e. The summed E-state index contributed by atoms with van der Waals surface area (Å²) < 4.78 is 13.5. The number of nitrogens with zero attached hydrogens (tertiary/aromatic N) is 1. The average molecular weight is 386 g/mol. The van der Waals surface area contributed by atoms with Crippen LogP contribution in [0, 0.1) is 11.7 Å². The Balaban J connectivity index is 0.00000132. The van der Waals surface area contributed by atoms with Crippen molar-refractivity contribution in [3.05, 3.63) is 28.5 Å². The van der Waals surface area contributed by atoms with E-state index in [1.165, 1.54) is 31.7 Å². The molecule has 0 unspecified atom stereocenters. The molecule has 1 atom stereocenters. The third-order valence-corrected chi connectivity index (χ3v) is 5.17. The molecule has 3 nitrogen and oxygen atoms in total. The maximum absolute atomic E-state index is 13.5. The van der Waals surface area contributed by atoms with Gasteiger partial charge in [0, 0.05) is 37.8 Å². The van der Waals surface area contributed by atoms with E-state index in [1.807, 2.05) is 0 Å². The van der Waals surface area contributed by atoms with Crippen molar-refractivity contribution < 1.29 is 9.50 Å². The molecule has 2 fully saturated rings. The highest BCUT2D eigenvalue weighted by atomic mass is 35.5. The van der Waals surface area contributed by atoms with E-state index >= 15 is 0 Å². The number of benzene rings is 1. The van der Waals surface area contributed by atoms with E-state index in [9.17, 15) is 9.50 Å². The molecular weight excluding hydrogens is 362 g/mol. The lowest BCUT2D eigenvalue weighted by molar-refractivity contribution is 0.123. The average Bonchev–Trinajstić information content (AvgIpc) is 3.03. The molecule has 0 radical (unpaired) electrons. The normalized spacial score (nSPS) is 20.6. The first-order chi connectivity index (χ1) is 10.2. The topological polar surface area (TPSA) is 35.5 Å². The molecule has 0 aromatic heterocycles. The molecule has 0 spiro atoms. The fourth-order valence-corrected chi connectivity index (χ4v) is 3.95. The molecule has 1 aromatic rings. The largest absolute Gasteiger partial charge is 0.506 e. The number of hydrogen-bond acceptors (Lipinski definition) is 3. The molecule has 7 heteroatoms. The summed E-state index contributed by atoms with van der Waals surface area (Å²) in [6.07, 6.45) is 4.82. The van der Waals surface area contributed by atoms with Crippen molar-refractivity contribution in [2.24, 2.45) is 5.92 Å². The number of halogens is 4. The van der Waals surface area contributed by atoms with Gasteiger partial charge >= 0.3 is 0 Å². The third kappa shape index (κ3) is 4.43. The van der Waals surface area contributed by atoms with Crippen LogP contribution in [0.5, 0.6) is 5.75 Å². The van der Waals surface area contributed by atoms with E-state index in [2.05, 4.69) is 10.2 Å². The Labute approximate surface area is 154 Å². The van der Waals surface area contributed by atoms with Crippen molar-refractivity contribution in [3.63, 3.8) is 0 Å². The maximum atomic E-state index is 13.5. The third-order valence-electron chi connectivity index (χ3n) is 4.81. The van der Waals surface area contributed by atoms with Crippen LogP contribution in [-0.4, -0.2) is 36.2 Å². The van der Waals surface area contributed by atoms with Gasteiger partial charge in [-0.15, -0.1) is 24.8 Å². The zero-order chi connectivity index (χ0) is 14.8. The highest BCUT2D eigenvalue weighted by Crippen LogP contribution is 2.44. The fraction of sp³-hybridized carbons (Fsp3) is 0.625. The van der Waals surface area contributed by atoms with Crippen LogP contribution in [0.2, 0.25) is 5.02 Å². The number of piperazine rings is 1. The minimum atomic E-state index is -0.552. The first-order valence-electron chi connectivity index (χ1n) is 7.80. The van der Waals surface area contributed by atoms with Crippen LogP contribution in [0.15, 0.2) is 12.1 Å². The second-order valence-electron chi connectivity index (χ2n) is 6.07. The van der Waals surface area contributed by atoms with Crippen LogP contribution in [0.3, 0.4) is 0 Å². The van der Waals surface area contributed by atoms with E-state index in [0.29, 0.717) is 5.92 Å². The predicted molar refractivity (Wildman–Crippen MR) is 96.7 cm³/mol. The molecule has 0 bridgehead atoms. The van der Waals surface area contributed by atoms with Crippen molar-refractivity contribution in [3.8, 4) is 5.75 Å². The van der Waals surface area contributed by atoms with Gasteiger partial charge in [-0.3, -0.25) is 4.90 Å². The lowest BCUT2D eigenvalue weighted by atomic mass is 9.89. The van der Waals surface area contributed by atoms with Gasteiger partial charge in [0.1, 0.15) is 16.6 Å². The van der Waals surface area contributed by atoms with E-state index in [4.69, 9.17) is 11.6 Å². The van der Waals surface area contributed by atoms with Crippen molar-refractivity contribution >= 4 is 36.4 Å². The summed E-state index contributed by atoms with van der Waals surface area (Å²) in [5.74, 6) is -0.106. The van der Waals surface area contributed by atoms with Gasteiger partial charge in [-0.05, 0) is 24.8 Å². The minimum Gasteiger partial charge on any atom is -0.506 e. The Morgan fingerprint density at radius 1 is 1.17 bits per heavy atom. The van der Waals surface area contributed by atoms with Crippen LogP contribution in [0.4, 0.5) is 4.39 Å². The Morgan fingerprint density at radius 2 is 1.78 bits per heavy atom. The highest BCUT2D eigenvalue weighted by molar-refractivity contribution is 6.32. The van der Waals surface area contributed by atoms with E-state index < -0.39 is 5.82 Å². The molecule has 1 aliphatic carbocycles. The van der Waals surface area contributed by atoms with Crippen LogP contribution < -0.4 is 5.32 Å². The van der Waals surface area contributed by atoms with Crippen molar-refractivity contribution in [2.75, 3.05) is 26.2 Å². The van der Waals surface area contributed by atoms with Gasteiger partial charge < -0.3 is 10.4 Å². The number of phenols is 1. The zero-order valence-electron chi connectivity index (χ0n) is 12.9. The van der Waals surface area contributed by atoms with Crippen LogP contribution in [0.25, 0.3) is 0 Å². The lowest BCUT2D eigenvalue weighted by Gasteiger charge is -2.39. The Kier molecular flexibility index (Phi) is 8.39. The van der Waals surface area contributed by atoms with E-state index in [1.54, 1.807) is 6.07 Å². The zero-order valence-corrected chi connectivity index (χ0v) is 15.3. The van der Waals surface area contributed by atoms with Gasteiger partial charge in [0.15, 0.2) is 0 Å². The number of nitrogens with one attached hydrogen (secondary N) is 1. The standard InChI is InChI=1S/C16H22ClFN2O.2ClH/c17-14-13(18)6-5-12(16(14)21)15(11-3-1-2-4-11)20-9-7-19-8-10-20;;/h5-6,11,15,19,21H,1-4,7-10H2;2*1H/t15-;;/m0../s1. The number of rotatable bonds is 3. The fourth-order valence-electron chi connectivity index (χ4n) is 3.78. The molecule has 3 rings (SSSR count). The predicted octanol–water partition coefficient (Wildman–Crippen LogP) is 4.16. The number of hydrogen-bond donors (Lipinski definition) is 2.